The van der Waals surface area contributed by atoms with E-state index in [2.05, 4.69) is 10.6 Å². The molecule has 8 nitrogen and oxygen atoms in total. The van der Waals surface area contributed by atoms with Crippen LogP contribution in [0.5, 0.6) is 0 Å². The van der Waals surface area contributed by atoms with Gasteiger partial charge in [-0.25, -0.2) is 14.4 Å². The van der Waals surface area contributed by atoms with E-state index in [1.165, 1.54) is 36.6 Å². The summed E-state index contributed by atoms with van der Waals surface area (Å²) in [5, 5.41) is 6.69. The Morgan fingerprint density at radius 1 is 0.889 bits per heavy atom. The standard InChI is InChI=1S/C26H26N2O6S2/c1-5-33-23(29)17-12-18(24(30)34-6-2)14-19(13-17)27-26(35)28-22-21(25(31)32-4)20(15(3)36-22)16-10-8-7-9-11-16/h7-14H,5-6H2,1-4H3,(H2,27,28,35). The zero-order valence-electron chi connectivity index (χ0n) is 20.3. The summed E-state index contributed by atoms with van der Waals surface area (Å²) in [5.41, 5.74) is 2.70. The number of carbonyl (C=O) groups excluding carboxylic acids is 3. The third kappa shape index (κ3) is 6.27. The van der Waals surface area contributed by atoms with Crippen LogP contribution in [0.25, 0.3) is 11.1 Å². The van der Waals surface area contributed by atoms with Crippen molar-refractivity contribution in [3.63, 3.8) is 0 Å². The molecule has 0 aliphatic carbocycles. The second kappa shape index (κ2) is 12.3. The van der Waals surface area contributed by atoms with Crippen molar-refractivity contribution in [3.05, 3.63) is 70.1 Å². The average Bonchev–Trinajstić information content (AvgIpc) is 3.19. The van der Waals surface area contributed by atoms with Gasteiger partial charge in [0.15, 0.2) is 5.11 Å². The van der Waals surface area contributed by atoms with Crippen molar-refractivity contribution in [2.75, 3.05) is 31.0 Å². The SMILES string of the molecule is CCOC(=O)c1cc(NC(=S)Nc2sc(C)c(-c3ccccc3)c2C(=O)OC)cc(C(=O)OCC)c1. The van der Waals surface area contributed by atoms with E-state index in [0.29, 0.717) is 16.3 Å². The lowest BCUT2D eigenvalue weighted by Gasteiger charge is -2.13. The first kappa shape index (κ1) is 26.8. The molecule has 0 bridgehead atoms. The van der Waals surface area contributed by atoms with Gasteiger partial charge in [-0.2, -0.15) is 0 Å². The molecule has 2 aromatic carbocycles. The number of hydrogen-bond acceptors (Lipinski definition) is 8. The highest BCUT2D eigenvalue weighted by Crippen LogP contribution is 2.40. The van der Waals surface area contributed by atoms with E-state index in [1.54, 1.807) is 13.8 Å². The van der Waals surface area contributed by atoms with Crippen LogP contribution in [0.1, 0.15) is 49.8 Å². The Labute approximate surface area is 218 Å². The van der Waals surface area contributed by atoms with Gasteiger partial charge in [-0.05, 0) is 56.8 Å². The van der Waals surface area contributed by atoms with Gasteiger partial charge in [0.1, 0.15) is 10.6 Å². The molecule has 0 saturated heterocycles. The summed E-state index contributed by atoms with van der Waals surface area (Å²) >= 11 is 6.85. The van der Waals surface area contributed by atoms with Gasteiger partial charge in [0.25, 0.3) is 0 Å². The summed E-state index contributed by atoms with van der Waals surface area (Å²) in [5.74, 6) is -1.67. The Hall–Kier alpha value is -3.76. The predicted octanol–water partition coefficient (Wildman–Crippen LogP) is 5.67. The molecule has 0 saturated carbocycles. The molecule has 1 heterocycles. The normalized spacial score (nSPS) is 10.3. The number of nitrogens with one attached hydrogen (secondary N) is 2. The van der Waals surface area contributed by atoms with E-state index in [9.17, 15) is 14.4 Å². The van der Waals surface area contributed by atoms with Crippen LogP contribution >= 0.6 is 23.6 Å². The van der Waals surface area contributed by atoms with Crippen molar-refractivity contribution >= 4 is 57.3 Å². The van der Waals surface area contributed by atoms with Crippen LogP contribution in [0, 0.1) is 6.92 Å². The van der Waals surface area contributed by atoms with Crippen LogP contribution in [0.4, 0.5) is 10.7 Å². The molecule has 36 heavy (non-hydrogen) atoms. The van der Waals surface area contributed by atoms with Gasteiger partial charge in [0.2, 0.25) is 0 Å². The minimum atomic E-state index is -0.583. The second-order valence-electron chi connectivity index (χ2n) is 7.41. The van der Waals surface area contributed by atoms with Crippen molar-refractivity contribution in [1.29, 1.82) is 0 Å². The molecule has 10 heteroatoms. The van der Waals surface area contributed by atoms with Gasteiger partial charge in [0.05, 0.1) is 31.5 Å². The number of benzene rings is 2. The van der Waals surface area contributed by atoms with Crippen LogP contribution in [0.15, 0.2) is 48.5 Å². The maximum Gasteiger partial charge on any atom is 0.341 e. The lowest BCUT2D eigenvalue weighted by Crippen LogP contribution is -2.21. The summed E-state index contributed by atoms with van der Waals surface area (Å²) in [4.78, 5) is 38.3. The Kier molecular flexibility index (Phi) is 9.15. The quantitative estimate of drug-likeness (QED) is 0.218. The van der Waals surface area contributed by atoms with E-state index in [0.717, 1.165) is 16.0 Å². The number of hydrogen-bond donors (Lipinski definition) is 2. The van der Waals surface area contributed by atoms with Crippen LogP contribution in [-0.2, 0) is 14.2 Å². The molecule has 0 aliphatic heterocycles. The van der Waals surface area contributed by atoms with E-state index in [1.807, 2.05) is 37.3 Å². The van der Waals surface area contributed by atoms with Crippen LogP contribution in [0.3, 0.4) is 0 Å². The highest BCUT2D eigenvalue weighted by Gasteiger charge is 2.24. The van der Waals surface area contributed by atoms with Crippen LogP contribution in [-0.4, -0.2) is 43.3 Å². The molecule has 0 amide bonds. The molecule has 3 aromatic rings. The van der Waals surface area contributed by atoms with E-state index in [4.69, 9.17) is 26.4 Å². The number of thiocarbonyl (C=S) groups is 1. The fraction of sp³-hybridized carbons (Fsp3) is 0.231. The molecular formula is C26H26N2O6S2. The topological polar surface area (TPSA) is 103 Å². The molecule has 3 rings (SSSR count). The molecule has 0 aliphatic rings. The van der Waals surface area contributed by atoms with E-state index < -0.39 is 17.9 Å². The maximum atomic E-state index is 12.7. The van der Waals surface area contributed by atoms with Crippen molar-refractivity contribution in [2.45, 2.75) is 20.8 Å². The number of carbonyl (C=O) groups is 3. The average molecular weight is 527 g/mol. The Morgan fingerprint density at radius 2 is 1.47 bits per heavy atom. The summed E-state index contributed by atoms with van der Waals surface area (Å²) in [7, 11) is 1.32. The molecule has 0 atom stereocenters. The zero-order valence-corrected chi connectivity index (χ0v) is 21.9. The Balaban J connectivity index is 1.93. The Bertz CT molecular complexity index is 1250. The first-order valence-electron chi connectivity index (χ1n) is 11.1. The van der Waals surface area contributed by atoms with Gasteiger partial charge in [-0.1, -0.05) is 30.3 Å². The number of anilines is 2. The number of aryl methyl sites for hydroxylation is 1. The molecule has 188 valence electrons. The fourth-order valence-electron chi connectivity index (χ4n) is 3.51. The largest absolute Gasteiger partial charge is 0.465 e. The summed E-state index contributed by atoms with van der Waals surface area (Å²) in [6, 6.07) is 14.0. The van der Waals surface area contributed by atoms with Crippen LogP contribution in [0.2, 0.25) is 0 Å². The monoisotopic (exact) mass is 526 g/mol. The molecule has 1 aromatic heterocycles. The molecule has 0 fully saturated rings. The summed E-state index contributed by atoms with van der Waals surface area (Å²) < 4.78 is 15.2. The van der Waals surface area contributed by atoms with Crippen molar-refractivity contribution < 1.29 is 28.6 Å². The third-order valence-corrected chi connectivity index (χ3v) is 6.20. The minimum absolute atomic E-state index is 0.150. The molecule has 0 spiro atoms. The molecular weight excluding hydrogens is 500 g/mol. The van der Waals surface area contributed by atoms with Crippen molar-refractivity contribution in [3.8, 4) is 11.1 Å². The zero-order chi connectivity index (χ0) is 26.2. The maximum absolute atomic E-state index is 12.7. The molecule has 0 unspecified atom stereocenters. The number of ether oxygens (including phenoxy) is 3. The molecule has 0 radical (unpaired) electrons. The van der Waals surface area contributed by atoms with E-state index >= 15 is 0 Å². The Morgan fingerprint density at radius 3 is 2.00 bits per heavy atom. The summed E-state index contributed by atoms with van der Waals surface area (Å²) in [6.45, 7) is 5.66. The molecule has 2 N–H and O–H groups in total. The predicted molar refractivity (Wildman–Crippen MR) is 144 cm³/mol. The van der Waals surface area contributed by atoms with Crippen LogP contribution < -0.4 is 10.6 Å². The number of thiophene rings is 1. The first-order valence-corrected chi connectivity index (χ1v) is 12.4. The number of methoxy groups -OCH3 is 1. The third-order valence-electron chi connectivity index (χ3n) is 4.98. The van der Waals surface area contributed by atoms with Gasteiger partial charge >= 0.3 is 17.9 Å². The summed E-state index contributed by atoms with van der Waals surface area (Å²) in [6.07, 6.45) is 0. The van der Waals surface area contributed by atoms with Gasteiger partial charge in [-0.3, -0.25) is 0 Å². The van der Waals surface area contributed by atoms with Gasteiger partial charge < -0.3 is 24.8 Å². The van der Waals surface area contributed by atoms with E-state index in [-0.39, 0.29) is 29.5 Å². The minimum Gasteiger partial charge on any atom is -0.465 e. The highest BCUT2D eigenvalue weighted by molar-refractivity contribution is 7.80. The lowest BCUT2D eigenvalue weighted by molar-refractivity contribution is 0.0523. The lowest BCUT2D eigenvalue weighted by atomic mass is 10.0. The smallest absolute Gasteiger partial charge is 0.341 e. The van der Waals surface area contributed by atoms with Crippen molar-refractivity contribution in [1.82, 2.24) is 0 Å². The van der Waals surface area contributed by atoms with Crippen molar-refractivity contribution in [2.24, 2.45) is 0 Å². The second-order valence-corrected chi connectivity index (χ2v) is 9.05. The van der Waals surface area contributed by atoms with Gasteiger partial charge in [-0.15, -0.1) is 11.3 Å². The number of esters is 3. The number of rotatable bonds is 8. The van der Waals surface area contributed by atoms with Gasteiger partial charge in [0, 0.05) is 16.1 Å². The first-order chi connectivity index (χ1) is 17.3. The highest BCUT2D eigenvalue weighted by atomic mass is 32.1. The fourth-order valence-corrected chi connectivity index (χ4v) is 4.86.